The van der Waals surface area contributed by atoms with Crippen LogP contribution in [0, 0.1) is 0 Å². The molecule has 0 unspecified atom stereocenters. The minimum absolute atomic E-state index is 1.28. The van der Waals surface area contributed by atoms with Crippen molar-refractivity contribution in [2.45, 2.75) is 96.3 Å². The molecule has 0 aromatic carbocycles. The van der Waals surface area contributed by atoms with E-state index in [1.165, 1.54) is 96.3 Å². The monoisotopic (exact) mass is 288 g/mol. The summed E-state index contributed by atoms with van der Waals surface area (Å²) in [6, 6.07) is 0. The van der Waals surface area contributed by atoms with Gasteiger partial charge in [0.2, 0.25) is 0 Å². The van der Waals surface area contributed by atoms with Crippen molar-refractivity contribution in [1.29, 1.82) is 0 Å². The van der Waals surface area contributed by atoms with Gasteiger partial charge in [-0.05, 0) is 77.0 Å². The third-order valence-corrected chi connectivity index (χ3v) is 4.22. The van der Waals surface area contributed by atoms with Gasteiger partial charge in [0.1, 0.15) is 0 Å². The minimum Gasteiger partial charge on any atom is -0.0885 e. The first-order valence-electron chi connectivity index (χ1n) is 9.45. The average Bonchev–Trinajstić information content (AvgIpc) is 2.50. The van der Waals surface area contributed by atoms with Crippen LogP contribution in [0.25, 0.3) is 0 Å². The van der Waals surface area contributed by atoms with Gasteiger partial charge in [0, 0.05) is 0 Å². The molecule has 0 saturated carbocycles. The van der Waals surface area contributed by atoms with E-state index in [1.54, 1.807) is 0 Å². The summed E-state index contributed by atoms with van der Waals surface area (Å²) >= 11 is 0. The van der Waals surface area contributed by atoms with Crippen LogP contribution in [0.15, 0.2) is 36.5 Å². The van der Waals surface area contributed by atoms with Crippen LogP contribution >= 0.6 is 0 Å². The molecule has 0 bridgehead atoms. The van der Waals surface area contributed by atoms with Crippen molar-refractivity contribution in [3.05, 3.63) is 36.5 Å². The summed E-state index contributed by atoms with van der Waals surface area (Å²) in [6.07, 6.45) is 34.5. The Morgan fingerprint density at radius 3 is 0.619 bits per heavy atom. The Hall–Kier alpha value is -0.780. The van der Waals surface area contributed by atoms with Crippen molar-refractivity contribution in [3.63, 3.8) is 0 Å². The van der Waals surface area contributed by atoms with E-state index in [0.29, 0.717) is 0 Å². The molecule has 0 heterocycles. The van der Waals surface area contributed by atoms with Crippen LogP contribution in [0.4, 0.5) is 0 Å². The summed E-state index contributed by atoms with van der Waals surface area (Å²) in [5.74, 6) is 0. The zero-order valence-electron chi connectivity index (χ0n) is 14.1. The number of hydrogen-bond donors (Lipinski definition) is 0. The Bertz CT molecular complexity index is 211. The smallest absolute Gasteiger partial charge is 0.0351 e. The number of hydrogen-bond acceptors (Lipinski definition) is 0. The molecule has 1 aliphatic carbocycles. The molecule has 0 aromatic heterocycles. The molecular formula is C21H36. The third-order valence-electron chi connectivity index (χ3n) is 4.22. The highest BCUT2D eigenvalue weighted by molar-refractivity contribution is 4.84. The summed E-state index contributed by atoms with van der Waals surface area (Å²) in [5, 5.41) is 0. The lowest BCUT2D eigenvalue weighted by Crippen LogP contribution is -1.77. The molecule has 0 nitrogen and oxygen atoms in total. The Balaban J connectivity index is 2.16. The zero-order valence-corrected chi connectivity index (χ0v) is 14.1. The Morgan fingerprint density at radius 2 is 0.429 bits per heavy atom. The highest BCUT2D eigenvalue weighted by Gasteiger charge is 1.90. The van der Waals surface area contributed by atoms with Gasteiger partial charge in [0.05, 0.1) is 0 Å². The van der Waals surface area contributed by atoms with Gasteiger partial charge in [0.15, 0.2) is 0 Å². The Labute approximate surface area is 133 Å². The molecule has 0 spiro atoms. The van der Waals surface area contributed by atoms with Crippen molar-refractivity contribution >= 4 is 0 Å². The lowest BCUT2D eigenvalue weighted by molar-refractivity contribution is 0.684. The molecule has 1 rings (SSSR count). The maximum absolute atomic E-state index is 2.40. The predicted molar refractivity (Wildman–Crippen MR) is 96.7 cm³/mol. The van der Waals surface area contributed by atoms with Crippen molar-refractivity contribution in [2.75, 3.05) is 0 Å². The molecule has 0 fully saturated rings. The molecule has 0 saturated heterocycles. The highest BCUT2D eigenvalue weighted by Crippen LogP contribution is 2.10. The summed E-state index contributed by atoms with van der Waals surface area (Å²) in [4.78, 5) is 0. The highest BCUT2D eigenvalue weighted by atomic mass is 14.0. The fraction of sp³-hybridized carbons (Fsp3) is 0.714. The second-order valence-corrected chi connectivity index (χ2v) is 6.33. The van der Waals surface area contributed by atoms with Crippen LogP contribution in [0.5, 0.6) is 0 Å². The van der Waals surface area contributed by atoms with Gasteiger partial charge in [-0.1, -0.05) is 55.7 Å². The topological polar surface area (TPSA) is 0 Å². The third kappa shape index (κ3) is 13.9. The van der Waals surface area contributed by atoms with Gasteiger partial charge in [0.25, 0.3) is 0 Å². The van der Waals surface area contributed by atoms with E-state index < -0.39 is 0 Å². The molecule has 0 aromatic rings. The van der Waals surface area contributed by atoms with Gasteiger partial charge in [-0.15, -0.1) is 0 Å². The van der Waals surface area contributed by atoms with Gasteiger partial charge in [-0.25, -0.2) is 0 Å². The largest absolute Gasteiger partial charge is 0.0885 e. The van der Waals surface area contributed by atoms with E-state index >= 15 is 0 Å². The van der Waals surface area contributed by atoms with Gasteiger partial charge < -0.3 is 0 Å². The van der Waals surface area contributed by atoms with E-state index in [2.05, 4.69) is 36.5 Å². The molecule has 0 atom stereocenters. The Morgan fingerprint density at radius 1 is 0.238 bits per heavy atom. The average molecular weight is 289 g/mol. The molecule has 0 heteroatoms. The van der Waals surface area contributed by atoms with Crippen LogP contribution in [0.2, 0.25) is 0 Å². The fourth-order valence-corrected chi connectivity index (χ4v) is 2.81. The van der Waals surface area contributed by atoms with Crippen molar-refractivity contribution in [2.24, 2.45) is 0 Å². The first-order chi connectivity index (χ1) is 10.5. The number of allylic oxidation sites excluding steroid dienone is 6. The van der Waals surface area contributed by atoms with Crippen LogP contribution in [-0.4, -0.2) is 0 Å². The first-order valence-corrected chi connectivity index (χ1v) is 9.45. The van der Waals surface area contributed by atoms with Gasteiger partial charge in [-0.2, -0.15) is 0 Å². The minimum atomic E-state index is 1.28. The second kappa shape index (κ2) is 15.6. The molecule has 1 aliphatic rings. The lowest BCUT2D eigenvalue weighted by atomic mass is 10.1. The van der Waals surface area contributed by atoms with E-state index in [0.717, 1.165) is 0 Å². The van der Waals surface area contributed by atoms with Crippen LogP contribution in [-0.2, 0) is 0 Å². The predicted octanol–water partition coefficient (Wildman–Crippen LogP) is 7.52. The van der Waals surface area contributed by atoms with Crippen LogP contribution in [0.3, 0.4) is 0 Å². The summed E-state index contributed by atoms with van der Waals surface area (Å²) in [7, 11) is 0. The molecular weight excluding hydrogens is 252 g/mol. The maximum Gasteiger partial charge on any atom is -0.0351 e. The zero-order chi connectivity index (χ0) is 14.8. The second-order valence-electron chi connectivity index (χ2n) is 6.33. The van der Waals surface area contributed by atoms with E-state index in [9.17, 15) is 0 Å². The van der Waals surface area contributed by atoms with Crippen molar-refractivity contribution in [3.8, 4) is 0 Å². The lowest BCUT2D eigenvalue weighted by Gasteiger charge is -1.97. The number of rotatable bonds is 0. The molecule has 21 heavy (non-hydrogen) atoms. The van der Waals surface area contributed by atoms with Gasteiger partial charge >= 0.3 is 0 Å². The fourth-order valence-electron chi connectivity index (χ4n) is 2.81. The molecule has 0 aliphatic heterocycles. The normalized spacial score (nSPS) is 21.7. The van der Waals surface area contributed by atoms with Crippen LogP contribution < -0.4 is 0 Å². The first kappa shape index (κ1) is 18.3. The van der Waals surface area contributed by atoms with Crippen molar-refractivity contribution < 1.29 is 0 Å². The van der Waals surface area contributed by atoms with E-state index in [-0.39, 0.29) is 0 Å². The van der Waals surface area contributed by atoms with Crippen LogP contribution in [0.1, 0.15) is 96.3 Å². The molecule has 0 radical (unpaired) electrons. The molecule has 0 amide bonds. The standard InChI is InChI=1S/C21H36/c1-2-4-6-8-10-12-14-16-18-20-21-19-17-15-13-11-9-7-5-3-1/h1-2,13-16H,3-12,17-21H2. The quantitative estimate of drug-likeness (QED) is 0.404. The molecule has 120 valence electrons. The van der Waals surface area contributed by atoms with E-state index in [4.69, 9.17) is 0 Å². The summed E-state index contributed by atoms with van der Waals surface area (Å²) < 4.78 is 0. The summed E-state index contributed by atoms with van der Waals surface area (Å²) in [5.41, 5.74) is 0. The Kier molecular flexibility index (Phi) is 13.6. The summed E-state index contributed by atoms with van der Waals surface area (Å²) in [6.45, 7) is 0. The molecule has 0 N–H and O–H groups in total. The van der Waals surface area contributed by atoms with Crippen molar-refractivity contribution in [1.82, 2.24) is 0 Å². The van der Waals surface area contributed by atoms with E-state index in [1.807, 2.05) is 0 Å². The maximum atomic E-state index is 2.40. The van der Waals surface area contributed by atoms with Gasteiger partial charge in [-0.3, -0.25) is 0 Å². The SMILES string of the molecule is C1=CCCCCCC=CCCCCCC=CCCCCC1.